The zero-order valence-electron chi connectivity index (χ0n) is 16.7. The first-order chi connectivity index (χ1) is 14.6. The van der Waals surface area contributed by atoms with Crippen molar-refractivity contribution in [1.29, 1.82) is 0 Å². The van der Waals surface area contributed by atoms with E-state index in [4.69, 9.17) is 9.47 Å². The number of ketones is 1. The first-order valence-electron chi connectivity index (χ1n) is 9.56. The van der Waals surface area contributed by atoms with E-state index in [-0.39, 0.29) is 18.3 Å². The summed E-state index contributed by atoms with van der Waals surface area (Å²) in [6, 6.07) is 13.4. The van der Waals surface area contributed by atoms with Crippen LogP contribution in [0.3, 0.4) is 0 Å². The average molecular weight is 409 g/mol. The number of carbonyl (C=O) groups excluding carboxylic acids is 3. The molecule has 0 aliphatic carbocycles. The lowest BCUT2D eigenvalue weighted by Crippen LogP contribution is -2.42. The number of esters is 1. The SMILES string of the molecule is COC(=O)c1ccc(/C=C/C(=O)c2ccc(OCC(=O)N3CCOCC3)cc2)cc1. The summed E-state index contributed by atoms with van der Waals surface area (Å²) >= 11 is 0. The number of ether oxygens (including phenoxy) is 3. The number of nitrogens with zero attached hydrogens (tertiary/aromatic N) is 1. The Morgan fingerprint density at radius 2 is 1.60 bits per heavy atom. The fraction of sp³-hybridized carbons (Fsp3) is 0.261. The minimum atomic E-state index is -0.407. The number of carbonyl (C=O) groups is 3. The summed E-state index contributed by atoms with van der Waals surface area (Å²) in [5.41, 5.74) is 1.74. The molecule has 3 rings (SSSR count). The van der Waals surface area contributed by atoms with Crippen LogP contribution in [0.4, 0.5) is 0 Å². The molecule has 1 aliphatic rings. The predicted molar refractivity (Wildman–Crippen MR) is 110 cm³/mol. The number of allylic oxidation sites excluding steroid dienone is 1. The molecule has 0 aromatic heterocycles. The van der Waals surface area contributed by atoms with Crippen molar-refractivity contribution >= 4 is 23.7 Å². The molecule has 0 saturated carbocycles. The molecule has 2 aromatic carbocycles. The van der Waals surface area contributed by atoms with Crippen LogP contribution in [0.1, 0.15) is 26.3 Å². The molecule has 0 bridgehead atoms. The van der Waals surface area contributed by atoms with Gasteiger partial charge in [0.1, 0.15) is 5.75 Å². The number of rotatable bonds is 7. The van der Waals surface area contributed by atoms with Crippen LogP contribution >= 0.6 is 0 Å². The Labute approximate surface area is 174 Å². The van der Waals surface area contributed by atoms with Gasteiger partial charge in [0.2, 0.25) is 0 Å². The Kier molecular flexibility index (Phi) is 7.34. The first kappa shape index (κ1) is 21.3. The highest BCUT2D eigenvalue weighted by molar-refractivity contribution is 6.06. The number of hydrogen-bond donors (Lipinski definition) is 0. The van der Waals surface area contributed by atoms with E-state index in [2.05, 4.69) is 4.74 Å². The highest BCUT2D eigenvalue weighted by Gasteiger charge is 2.17. The van der Waals surface area contributed by atoms with E-state index in [0.717, 1.165) is 5.56 Å². The minimum Gasteiger partial charge on any atom is -0.484 e. The summed E-state index contributed by atoms with van der Waals surface area (Å²) < 4.78 is 15.4. The van der Waals surface area contributed by atoms with Crippen LogP contribution in [-0.4, -0.2) is 62.6 Å². The topological polar surface area (TPSA) is 82.1 Å². The van der Waals surface area contributed by atoms with E-state index in [9.17, 15) is 14.4 Å². The fourth-order valence-corrected chi connectivity index (χ4v) is 2.88. The van der Waals surface area contributed by atoms with Gasteiger partial charge in [-0.1, -0.05) is 18.2 Å². The molecule has 0 radical (unpaired) electrons. The van der Waals surface area contributed by atoms with Gasteiger partial charge in [-0.05, 0) is 48.0 Å². The van der Waals surface area contributed by atoms with Crippen molar-refractivity contribution in [1.82, 2.24) is 4.90 Å². The third kappa shape index (κ3) is 5.78. The fourth-order valence-electron chi connectivity index (χ4n) is 2.88. The van der Waals surface area contributed by atoms with Crippen LogP contribution in [0, 0.1) is 0 Å². The van der Waals surface area contributed by atoms with Gasteiger partial charge in [-0.2, -0.15) is 0 Å². The van der Waals surface area contributed by atoms with Gasteiger partial charge in [0.15, 0.2) is 12.4 Å². The molecular formula is C23H23NO6. The van der Waals surface area contributed by atoms with Crippen molar-refractivity contribution in [3.05, 3.63) is 71.3 Å². The second-order valence-corrected chi connectivity index (χ2v) is 6.62. The van der Waals surface area contributed by atoms with Gasteiger partial charge in [0.25, 0.3) is 5.91 Å². The van der Waals surface area contributed by atoms with Crippen molar-refractivity contribution in [2.45, 2.75) is 0 Å². The monoisotopic (exact) mass is 409 g/mol. The molecule has 7 nitrogen and oxygen atoms in total. The lowest BCUT2D eigenvalue weighted by molar-refractivity contribution is -0.137. The van der Waals surface area contributed by atoms with Crippen LogP contribution < -0.4 is 4.74 Å². The van der Waals surface area contributed by atoms with E-state index < -0.39 is 5.97 Å². The molecule has 1 saturated heterocycles. The second kappa shape index (κ2) is 10.4. The van der Waals surface area contributed by atoms with E-state index >= 15 is 0 Å². The first-order valence-corrected chi connectivity index (χ1v) is 9.56. The smallest absolute Gasteiger partial charge is 0.337 e. The van der Waals surface area contributed by atoms with Gasteiger partial charge in [-0.25, -0.2) is 4.79 Å². The van der Waals surface area contributed by atoms with Gasteiger partial charge in [0, 0.05) is 18.7 Å². The lowest BCUT2D eigenvalue weighted by atomic mass is 10.1. The van der Waals surface area contributed by atoms with Gasteiger partial charge < -0.3 is 19.1 Å². The van der Waals surface area contributed by atoms with Crippen LogP contribution in [0.15, 0.2) is 54.6 Å². The normalized spacial score (nSPS) is 13.8. The van der Waals surface area contributed by atoms with Crippen molar-refractivity contribution in [3.8, 4) is 5.75 Å². The number of morpholine rings is 1. The molecule has 156 valence electrons. The summed E-state index contributed by atoms with van der Waals surface area (Å²) in [6.07, 6.45) is 3.14. The summed E-state index contributed by atoms with van der Waals surface area (Å²) in [4.78, 5) is 37.6. The third-order valence-corrected chi connectivity index (χ3v) is 4.62. The quantitative estimate of drug-likeness (QED) is 0.397. The number of amides is 1. The molecule has 7 heteroatoms. The van der Waals surface area contributed by atoms with E-state index in [1.165, 1.54) is 13.2 Å². The molecule has 0 unspecified atom stereocenters. The molecule has 2 aromatic rings. The summed E-state index contributed by atoms with van der Waals surface area (Å²) in [6.45, 7) is 2.20. The Morgan fingerprint density at radius 1 is 0.967 bits per heavy atom. The summed E-state index contributed by atoms with van der Waals surface area (Å²) in [5, 5.41) is 0. The Balaban J connectivity index is 1.52. The highest BCUT2D eigenvalue weighted by atomic mass is 16.5. The van der Waals surface area contributed by atoms with Crippen LogP contribution in [0.5, 0.6) is 5.75 Å². The van der Waals surface area contributed by atoms with E-state index in [0.29, 0.717) is 43.2 Å². The van der Waals surface area contributed by atoms with Gasteiger partial charge >= 0.3 is 5.97 Å². The van der Waals surface area contributed by atoms with Crippen LogP contribution in [0.2, 0.25) is 0 Å². The van der Waals surface area contributed by atoms with Gasteiger partial charge in [0.05, 0.1) is 25.9 Å². The lowest BCUT2D eigenvalue weighted by Gasteiger charge is -2.26. The predicted octanol–water partition coefficient (Wildman–Crippen LogP) is 2.61. The molecule has 1 heterocycles. The third-order valence-electron chi connectivity index (χ3n) is 4.62. The van der Waals surface area contributed by atoms with Crippen LogP contribution in [-0.2, 0) is 14.3 Å². The van der Waals surface area contributed by atoms with Crippen molar-refractivity contribution < 1.29 is 28.6 Å². The maximum absolute atomic E-state index is 12.3. The molecule has 0 spiro atoms. The molecule has 1 aliphatic heterocycles. The van der Waals surface area contributed by atoms with Crippen molar-refractivity contribution in [2.24, 2.45) is 0 Å². The standard InChI is InChI=1S/C23H23NO6/c1-28-23(27)19-5-2-17(3-6-19)4-11-21(25)18-7-9-20(10-8-18)30-16-22(26)24-12-14-29-15-13-24/h2-11H,12-16H2,1H3/b11-4+. The Morgan fingerprint density at radius 3 is 2.23 bits per heavy atom. The number of hydrogen-bond acceptors (Lipinski definition) is 6. The maximum atomic E-state index is 12.3. The summed E-state index contributed by atoms with van der Waals surface area (Å²) in [7, 11) is 1.33. The zero-order chi connectivity index (χ0) is 21.3. The van der Waals surface area contributed by atoms with Crippen molar-refractivity contribution in [2.75, 3.05) is 40.0 Å². The second-order valence-electron chi connectivity index (χ2n) is 6.62. The molecular weight excluding hydrogens is 386 g/mol. The molecule has 30 heavy (non-hydrogen) atoms. The maximum Gasteiger partial charge on any atom is 0.337 e. The zero-order valence-corrected chi connectivity index (χ0v) is 16.7. The molecule has 0 N–H and O–H groups in total. The van der Waals surface area contributed by atoms with Crippen LogP contribution in [0.25, 0.3) is 6.08 Å². The van der Waals surface area contributed by atoms with Gasteiger partial charge in [-0.3, -0.25) is 9.59 Å². The van der Waals surface area contributed by atoms with Gasteiger partial charge in [-0.15, -0.1) is 0 Å². The largest absolute Gasteiger partial charge is 0.484 e. The number of benzene rings is 2. The Bertz CT molecular complexity index is 912. The minimum absolute atomic E-state index is 0.0469. The molecule has 1 fully saturated rings. The van der Waals surface area contributed by atoms with E-state index in [1.807, 2.05) is 0 Å². The number of methoxy groups -OCH3 is 1. The average Bonchev–Trinajstić information content (AvgIpc) is 2.81. The van der Waals surface area contributed by atoms with E-state index in [1.54, 1.807) is 59.5 Å². The summed E-state index contributed by atoms with van der Waals surface area (Å²) in [5.74, 6) is -0.131. The molecule has 0 atom stereocenters. The van der Waals surface area contributed by atoms with Crippen molar-refractivity contribution in [3.63, 3.8) is 0 Å². The highest BCUT2D eigenvalue weighted by Crippen LogP contribution is 2.14. The Hall–Kier alpha value is -3.45. The molecule has 1 amide bonds.